The van der Waals surface area contributed by atoms with E-state index in [-0.39, 0.29) is 0 Å². The van der Waals surface area contributed by atoms with E-state index in [9.17, 15) is 0 Å². The monoisotopic (exact) mass is 274 g/mol. The second kappa shape index (κ2) is 6.48. The summed E-state index contributed by atoms with van der Waals surface area (Å²) in [6, 6.07) is 16.4. The third-order valence-corrected chi connectivity index (χ3v) is 3.46. The number of para-hydroxylation sites is 1. The fraction of sp³-hybridized carbons (Fsp3) is 0.250. The van der Waals surface area contributed by atoms with Crippen LogP contribution < -0.4 is 11.1 Å². The molecule has 19 heavy (non-hydrogen) atoms. The number of aryl methyl sites for hydroxylation is 1. The molecule has 2 nitrogen and oxygen atoms in total. The molecule has 2 aromatic carbocycles. The maximum Gasteiger partial charge on any atom is 0.0765 e. The van der Waals surface area contributed by atoms with Gasteiger partial charge in [0.2, 0.25) is 0 Å². The maximum absolute atomic E-state index is 6.15. The van der Waals surface area contributed by atoms with Crippen LogP contribution in [0.3, 0.4) is 0 Å². The van der Waals surface area contributed by atoms with Gasteiger partial charge in [0.1, 0.15) is 0 Å². The van der Waals surface area contributed by atoms with E-state index in [0.29, 0.717) is 16.8 Å². The number of halogens is 1. The highest BCUT2D eigenvalue weighted by atomic mass is 35.5. The van der Waals surface area contributed by atoms with Crippen LogP contribution in [0.2, 0.25) is 5.02 Å². The first kappa shape index (κ1) is 13.8. The Labute approximate surface area is 119 Å². The summed E-state index contributed by atoms with van der Waals surface area (Å²) in [6.45, 7) is 2.14. The Morgan fingerprint density at radius 1 is 1.11 bits per heavy atom. The van der Waals surface area contributed by atoms with Crippen molar-refractivity contribution in [2.24, 2.45) is 0 Å². The van der Waals surface area contributed by atoms with E-state index in [1.807, 2.05) is 24.3 Å². The second-order valence-electron chi connectivity index (χ2n) is 4.77. The molecule has 0 fully saturated rings. The number of hydrogen-bond acceptors (Lipinski definition) is 2. The molecule has 0 aromatic heterocycles. The molecule has 1 unspecified atom stereocenters. The molecule has 0 saturated heterocycles. The molecule has 100 valence electrons. The number of nitrogens with one attached hydrogen (secondary N) is 1. The largest absolute Gasteiger partial charge is 0.397 e. The van der Waals surface area contributed by atoms with Crippen molar-refractivity contribution in [2.45, 2.75) is 25.8 Å². The van der Waals surface area contributed by atoms with Gasteiger partial charge in [0.05, 0.1) is 16.4 Å². The average molecular weight is 275 g/mol. The lowest BCUT2D eigenvalue weighted by Gasteiger charge is -2.18. The number of benzene rings is 2. The summed E-state index contributed by atoms with van der Waals surface area (Å²) in [5.41, 5.74) is 8.81. The van der Waals surface area contributed by atoms with Crippen LogP contribution in [-0.2, 0) is 6.42 Å². The van der Waals surface area contributed by atoms with Gasteiger partial charge in [-0.05, 0) is 37.5 Å². The van der Waals surface area contributed by atoms with Gasteiger partial charge < -0.3 is 11.1 Å². The van der Waals surface area contributed by atoms with Crippen molar-refractivity contribution in [1.82, 2.24) is 0 Å². The molecular formula is C16H19ClN2. The van der Waals surface area contributed by atoms with Crippen LogP contribution >= 0.6 is 11.6 Å². The van der Waals surface area contributed by atoms with Crippen molar-refractivity contribution in [1.29, 1.82) is 0 Å². The number of anilines is 2. The van der Waals surface area contributed by atoms with E-state index in [1.54, 1.807) is 0 Å². The molecule has 0 spiro atoms. The van der Waals surface area contributed by atoms with Crippen molar-refractivity contribution in [3.8, 4) is 0 Å². The van der Waals surface area contributed by atoms with Crippen LogP contribution in [0, 0.1) is 0 Å². The van der Waals surface area contributed by atoms with Crippen molar-refractivity contribution in [3.63, 3.8) is 0 Å². The lowest BCUT2D eigenvalue weighted by Crippen LogP contribution is -2.17. The van der Waals surface area contributed by atoms with Gasteiger partial charge in [0, 0.05) is 6.04 Å². The number of hydrogen-bond donors (Lipinski definition) is 2. The van der Waals surface area contributed by atoms with Crippen LogP contribution in [0.4, 0.5) is 11.4 Å². The highest BCUT2D eigenvalue weighted by molar-refractivity contribution is 6.33. The van der Waals surface area contributed by atoms with E-state index < -0.39 is 0 Å². The lowest BCUT2D eigenvalue weighted by molar-refractivity contribution is 0.706. The lowest BCUT2D eigenvalue weighted by atomic mass is 10.1. The van der Waals surface area contributed by atoms with Gasteiger partial charge in [-0.2, -0.15) is 0 Å². The van der Waals surface area contributed by atoms with Crippen molar-refractivity contribution >= 4 is 23.0 Å². The smallest absolute Gasteiger partial charge is 0.0765 e. The molecule has 0 bridgehead atoms. The Hall–Kier alpha value is -1.67. The predicted molar refractivity (Wildman–Crippen MR) is 83.7 cm³/mol. The van der Waals surface area contributed by atoms with Crippen LogP contribution in [0.1, 0.15) is 18.9 Å². The molecule has 0 amide bonds. The maximum atomic E-state index is 6.15. The highest BCUT2D eigenvalue weighted by Crippen LogP contribution is 2.28. The third-order valence-electron chi connectivity index (χ3n) is 3.15. The van der Waals surface area contributed by atoms with Gasteiger partial charge in [-0.25, -0.2) is 0 Å². The summed E-state index contributed by atoms with van der Waals surface area (Å²) in [5, 5.41) is 4.06. The van der Waals surface area contributed by atoms with Gasteiger partial charge in [-0.1, -0.05) is 48.0 Å². The Balaban J connectivity index is 1.93. The molecule has 2 rings (SSSR count). The van der Waals surface area contributed by atoms with Crippen LogP contribution in [0.15, 0.2) is 48.5 Å². The van der Waals surface area contributed by atoms with Crippen LogP contribution in [0.5, 0.6) is 0 Å². The summed E-state index contributed by atoms with van der Waals surface area (Å²) in [5.74, 6) is 0. The number of nitrogens with two attached hydrogens (primary N) is 1. The van der Waals surface area contributed by atoms with Crippen LogP contribution in [0.25, 0.3) is 0 Å². The van der Waals surface area contributed by atoms with Crippen molar-refractivity contribution in [2.75, 3.05) is 11.1 Å². The first-order valence-corrected chi connectivity index (χ1v) is 6.89. The molecule has 3 heteroatoms. The average Bonchev–Trinajstić information content (AvgIpc) is 2.42. The van der Waals surface area contributed by atoms with Crippen LogP contribution in [-0.4, -0.2) is 6.04 Å². The molecule has 0 aliphatic heterocycles. The Kier molecular flexibility index (Phi) is 4.69. The first-order chi connectivity index (χ1) is 9.16. The molecule has 0 aliphatic carbocycles. The molecular weight excluding hydrogens is 256 g/mol. The zero-order valence-corrected chi connectivity index (χ0v) is 11.8. The topological polar surface area (TPSA) is 38.0 Å². The number of nitrogen functional groups attached to an aromatic ring is 1. The minimum atomic E-state index is 0.322. The fourth-order valence-electron chi connectivity index (χ4n) is 2.04. The summed E-state index contributed by atoms with van der Waals surface area (Å²) in [6.07, 6.45) is 2.08. The predicted octanol–water partition coefficient (Wildman–Crippen LogP) is 4.36. The molecule has 1 atom stereocenters. The molecule has 3 N–H and O–H groups in total. The zero-order chi connectivity index (χ0) is 13.7. The van der Waals surface area contributed by atoms with E-state index in [2.05, 4.69) is 36.5 Å². The van der Waals surface area contributed by atoms with E-state index in [1.165, 1.54) is 5.56 Å². The molecule has 2 aromatic rings. The summed E-state index contributed by atoms with van der Waals surface area (Å²) in [4.78, 5) is 0. The highest BCUT2D eigenvalue weighted by Gasteiger charge is 2.08. The molecule has 0 aliphatic rings. The normalized spacial score (nSPS) is 12.1. The standard InChI is InChI=1S/C16H19ClN2/c1-12(10-11-13-6-3-2-4-7-13)19-16-14(17)8-5-9-15(16)18/h2-9,12,19H,10-11,18H2,1H3. The summed E-state index contributed by atoms with van der Waals surface area (Å²) >= 11 is 6.15. The van der Waals surface area contributed by atoms with Gasteiger partial charge in [-0.3, -0.25) is 0 Å². The first-order valence-electron chi connectivity index (χ1n) is 6.51. The zero-order valence-electron chi connectivity index (χ0n) is 11.1. The van der Waals surface area contributed by atoms with E-state index in [0.717, 1.165) is 18.5 Å². The van der Waals surface area contributed by atoms with Crippen molar-refractivity contribution in [3.05, 3.63) is 59.1 Å². The van der Waals surface area contributed by atoms with Gasteiger partial charge in [0.25, 0.3) is 0 Å². The molecule has 0 heterocycles. The van der Waals surface area contributed by atoms with Crippen molar-refractivity contribution < 1.29 is 0 Å². The Morgan fingerprint density at radius 2 is 1.84 bits per heavy atom. The Morgan fingerprint density at radius 3 is 2.53 bits per heavy atom. The second-order valence-corrected chi connectivity index (χ2v) is 5.18. The quantitative estimate of drug-likeness (QED) is 0.795. The Bertz CT molecular complexity index is 505. The van der Waals surface area contributed by atoms with Gasteiger partial charge in [-0.15, -0.1) is 0 Å². The molecule has 0 radical (unpaired) electrons. The minimum Gasteiger partial charge on any atom is -0.397 e. The third kappa shape index (κ3) is 3.90. The molecule has 0 saturated carbocycles. The van der Waals surface area contributed by atoms with E-state index in [4.69, 9.17) is 17.3 Å². The van der Waals surface area contributed by atoms with Gasteiger partial charge >= 0.3 is 0 Å². The number of rotatable bonds is 5. The summed E-state index contributed by atoms with van der Waals surface area (Å²) < 4.78 is 0. The SMILES string of the molecule is CC(CCc1ccccc1)Nc1c(N)cccc1Cl. The minimum absolute atomic E-state index is 0.322. The van der Waals surface area contributed by atoms with E-state index >= 15 is 0 Å². The fourth-order valence-corrected chi connectivity index (χ4v) is 2.28. The summed E-state index contributed by atoms with van der Waals surface area (Å²) in [7, 11) is 0. The van der Waals surface area contributed by atoms with Gasteiger partial charge in [0.15, 0.2) is 0 Å².